The highest BCUT2D eigenvalue weighted by Gasteiger charge is 2.22. The minimum Gasteiger partial charge on any atom is -0.349 e. The lowest BCUT2D eigenvalue weighted by Crippen LogP contribution is -2.41. The van der Waals surface area contributed by atoms with Gasteiger partial charge in [-0.2, -0.15) is 0 Å². The van der Waals surface area contributed by atoms with Gasteiger partial charge in [-0.05, 0) is 44.0 Å². The first-order valence-corrected chi connectivity index (χ1v) is 7.29. The molecule has 0 spiro atoms. The molecule has 0 bridgehead atoms. The monoisotopic (exact) mass is 300 g/mol. The highest BCUT2D eigenvalue weighted by atomic mass is 35.5. The molecule has 0 saturated carbocycles. The van der Waals surface area contributed by atoms with E-state index in [1.54, 1.807) is 12.1 Å². The Kier molecular flexibility index (Phi) is 5.08. The van der Waals surface area contributed by atoms with Gasteiger partial charge in [-0.3, -0.25) is 4.79 Å². The van der Waals surface area contributed by atoms with Gasteiger partial charge in [-0.1, -0.05) is 29.3 Å². The van der Waals surface area contributed by atoms with E-state index in [9.17, 15) is 4.79 Å². The van der Waals surface area contributed by atoms with Crippen LogP contribution in [0.1, 0.15) is 31.4 Å². The Morgan fingerprint density at radius 2 is 2.21 bits per heavy atom. The van der Waals surface area contributed by atoms with Crippen LogP contribution in [0.5, 0.6) is 0 Å². The van der Waals surface area contributed by atoms with E-state index in [2.05, 4.69) is 10.6 Å². The van der Waals surface area contributed by atoms with Gasteiger partial charge in [0.2, 0.25) is 5.91 Å². The van der Waals surface area contributed by atoms with E-state index < -0.39 is 0 Å². The summed E-state index contributed by atoms with van der Waals surface area (Å²) in [4.78, 5) is 12.1. The van der Waals surface area contributed by atoms with Crippen LogP contribution in [0, 0.1) is 5.92 Å². The molecule has 5 heteroatoms. The van der Waals surface area contributed by atoms with Crippen LogP contribution in [0.4, 0.5) is 0 Å². The number of amides is 1. The van der Waals surface area contributed by atoms with Gasteiger partial charge in [-0.15, -0.1) is 0 Å². The summed E-state index contributed by atoms with van der Waals surface area (Å²) < 4.78 is 0. The fourth-order valence-corrected chi connectivity index (χ4v) is 2.58. The third kappa shape index (κ3) is 3.85. The van der Waals surface area contributed by atoms with Crippen molar-refractivity contribution in [3.63, 3.8) is 0 Å². The molecule has 3 nitrogen and oxygen atoms in total. The molecule has 1 amide bonds. The summed E-state index contributed by atoms with van der Waals surface area (Å²) in [6, 6.07) is 5.38. The molecule has 1 unspecified atom stereocenters. The molecule has 19 heavy (non-hydrogen) atoms. The van der Waals surface area contributed by atoms with Gasteiger partial charge in [0.15, 0.2) is 0 Å². The van der Waals surface area contributed by atoms with Crippen LogP contribution in [-0.4, -0.2) is 19.0 Å². The molecule has 1 aliphatic heterocycles. The van der Waals surface area contributed by atoms with E-state index in [0.29, 0.717) is 10.0 Å². The van der Waals surface area contributed by atoms with Crippen molar-refractivity contribution in [3.05, 3.63) is 33.8 Å². The Morgan fingerprint density at radius 3 is 2.84 bits per heavy atom. The number of hydrogen-bond acceptors (Lipinski definition) is 2. The Bertz CT molecular complexity index is 459. The third-order valence-electron chi connectivity index (χ3n) is 3.47. The number of carbonyl (C=O) groups excluding carboxylic acids is 1. The number of benzene rings is 1. The van der Waals surface area contributed by atoms with Crippen LogP contribution in [0.3, 0.4) is 0 Å². The molecule has 104 valence electrons. The van der Waals surface area contributed by atoms with E-state index in [0.717, 1.165) is 31.5 Å². The molecule has 1 aliphatic rings. The zero-order chi connectivity index (χ0) is 13.8. The summed E-state index contributed by atoms with van der Waals surface area (Å²) in [5.74, 6) is 0.171. The largest absolute Gasteiger partial charge is 0.349 e. The standard InChI is InChI=1S/C14H18Cl2N2O/c1-9(10-4-5-12(15)13(16)7-10)18-14(19)11-3-2-6-17-8-11/h4-5,7,9,11,17H,2-3,6,8H2,1H3,(H,18,19)/t9?,11-/m0/s1. The van der Waals surface area contributed by atoms with E-state index in [4.69, 9.17) is 23.2 Å². The molecule has 1 fully saturated rings. The fourth-order valence-electron chi connectivity index (χ4n) is 2.27. The summed E-state index contributed by atoms with van der Waals surface area (Å²) in [7, 11) is 0. The quantitative estimate of drug-likeness (QED) is 0.900. The number of halogens is 2. The Hall–Kier alpha value is -0.770. The molecule has 0 aliphatic carbocycles. The van der Waals surface area contributed by atoms with Crippen molar-refractivity contribution in [1.82, 2.24) is 10.6 Å². The van der Waals surface area contributed by atoms with Gasteiger partial charge >= 0.3 is 0 Å². The maximum atomic E-state index is 12.1. The molecule has 1 heterocycles. The summed E-state index contributed by atoms with van der Waals surface area (Å²) in [6.45, 7) is 3.72. The van der Waals surface area contributed by atoms with E-state index in [1.165, 1.54) is 0 Å². The van der Waals surface area contributed by atoms with Crippen molar-refractivity contribution < 1.29 is 4.79 Å². The molecule has 2 rings (SSSR count). The first kappa shape index (κ1) is 14.6. The Balaban J connectivity index is 1.97. The topological polar surface area (TPSA) is 41.1 Å². The number of carbonyl (C=O) groups is 1. The third-order valence-corrected chi connectivity index (χ3v) is 4.21. The molecular weight excluding hydrogens is 283 g/mol. The lowest BCUT2D eigenvalue weighted by molar-refractivity contribution is -0.126. The maximum Gasteiger partial charge on any atom is 0.224 e. The fraction of sp³-hybridized carbons (Fsp3) is 0.500. The predicted molar refractivity (Wildman–Crippen MR) is 78.6 cm³/mol. The van der Waals surface area contributed by atoms with Gasteiger partial charge in [0.05, 0.1) is 22.0 Å². The molecule has 0 radical (unpaired) electrons. The predicted octanol–water partition coefficient (Wildman–Crippen LogP) is 3.17. The minimum absolute atomic E-state index is 0.0656. The Morgan fingerprint density at radius 1 is 1.42 bits per heavy atom. The van der Waals surface area contributed by atoms with E-state index in [-0.39, 0.29) is 17.9 Å². The SMILES string of the molecule is CC(NC(=O)[C@H]1CCCNC1)c1ccc(Cl)c(Cl)c1. The minimum atomic E-state index is -0.0656. The van der Waals surface area contributed by atoms with Gasteiger partial charge in [-0.25, -0.2) is 0 Å². The first-order chi connectivity index (χ1) is 9.08. The molecule has 1 saturated heterocycles. The van der Waals surface area contributed by atoms with E-state index in [1.807, 2.05) is 13.0 Å². The van der Waals surface area contributed by atoms with Gasteiger partial charge in [0.25, 0.3) is 0 Å². The number of rotatable bonds is 3. The molecule has 2 N–H and O–H groups in total. The van der Waals surface area contributed by atoms with Crippen molar-refractivity contribution in [2.45, 2.75) is 25.8 Å². The zero-order valence-electron chi connectivity index (χ0n) is 10.9. The van der Waals surface area contributed by atoms with E-state index >= 15 is 0 Å². The second-order valence-electron chi connectivity index (χ2n) is 4.95. The van der Waals surface area contributed by atoms with Gasteiger partial charge in [0, 0.05) is 6.54 Å². The van der Waals surface area contributed by atoms with Crippen LogP contribution >= 0.6 is 23.2 Å². The summed E-state index contributed by atoms with van der Waals surface area (Å²) in [5.41, 5.74) is 0.964. The highest BCUT2D eigenvalue weighted by Crippen LogP contribution is 2.25. The molecule has 1 aromatic carbocycles. The Labute approximate surface area is 123 Å². The number of piperidine rings is 1. The maximum absolute atomic E-state index is 12.1. The van der Waals surface area contributed by atoms with Crippen molar-refractivity contribution in [3.8, 4) is 0 Å². The zero-order valence-corrected chi connectivity index (χ0v) is 12.4. The first-order valence-electron chi connectivity index (χ1n) is 6.54. The van der Waals surface area contributed by atoms with Crippen molar-refractivity contribution in [1.29, 1.82) is 0 Å². The lowest BCUT2D eigenvalue weighted by Gasteiger charge is -2.24. The number of nitrogens with one attached hydrogen (secondary N) is 2. The summed E-state index contributed by atoms with van der Waals surface area (Å²) in [6.07, 6.45) is 2.01. The van der Waals surface area contributed by atoms with Crippen molar-refractivity contribution in [2.75, 3.05) is 13.1 Å². The molecular formula is C14H18Cl2N2O. The highest BCUT2D eigenvalue weighted by molar-refractivity contribution is 6.42. The summed E-state index contributed by atoms with van der Waals surface area (Å²) in [5, 5.41) is 7.32. The average molecular weight is 301 g/mol. The lowest BCUT2D eigenvalue weighted by atomic mass is 9.98. The van der Waals surface area contributed by atoms with Crippen LogP contribution < -0.4 is 10.6 Å². The van der Waals surface area contributed by atoms with Crippen LogP contribution in [0.2, 0.25) is 10.0 Å². The van der Waals surface area contributed by atoms with Crippen LogP contribution in [-0.2, 0) is 4.79 Å². The van der Waals surface area contributed by atoms with Crippen LogP contribution in [0.25, 0.3) is 0 Å². The molecule has 1 aromatic rings. The molecule has 0 aromatic heterocycles. The van der Waals surface area contributed by atoms with Crippen molar-refractivity contribution >= 4 is 29.1 Å². The van der Waals surface area contributed by atoms with Crippen LogP contribution in [0.15, 0.2) is 18.2 Å². The second-order valence-corrected chi connectivity index (χ2v) is 5.76. The number of hydrogen-bond donors (Lipinski definition) is 2. The van der Waals surface area contributed by atoms with Gasteiger partial charge in [0.1, 0.15) is 0 Å². The summed E-state index contributed by atoms with van der Waals surface area (Å²) >= 11 is 11.9. The van der Waals surface area contributed by atoms with Crippen molar-refractivity contribution in [2.24, 2.45) is 5.92 Å². The molecule has 2 atom stereocenters. The normalized spacial score (nSPS) is 20.9. The average Bonchev–Trinajstić information content (AvgIpc) is 2.42. The van der Waals surface area contributed by atoms with Gasteiger partial charge < -0.3 is 10.6 Å². The second kappa shape index (κ2) is 6.60. The smallest absolute Gasteiger partial charge is 0.224 e.